The number of carbonyl (C=O) groups is 1. The van der Waals surface area contributed by atoms with Gasteiger partial charge in [0.2, 0.25) is 0 Å². The normalized spacial score (nSPS) is 19.9. The average Bonchev–Trinajstić information content (AvgIpc) is 2.96. The lowest BCUT2D eigenvalue weighted by Crippen LogP contribution is -2.48. The molecule has 0 fully saturated rings. The molecule has 0 saturated heterocycles. The Kier molecular flexibility index (Phi) is 4.51. The quantitative estimate of drug-likeness (QED) is 0.495. The Balaban J connectivity index is 2.05. The van der Waals surface area contributed by atoms with Crippen LogP contribution in [0.4, 0.5) is 17.6 Å². The van der Waals surface area contributed by atoms with Crippen LogP contribution in [-0.4, -0.2) is 27.1 Å². The molecule has 5 nitrogen and oxygen atoms in total. The first-order valence-electron chi connectivity index (χ1n) is 7.98. The molecule has 0 spiro atoms. The molecule has 0 bridgehead atoms. The zero-order valence-electron chi connectivity index (χ0n) is 13.9. The van der Waals surface area contributed by atoms with Gasteiger partial charge in [0.25, 0.3) is 5.91 Å². The van der Waals surface area contributed by atoms with Gasteiger partial charge < -0.3 is 0 Å². The lowest BCUT2D eigenvalue weighted by Gasteiger charge is -2.36. The summed E-state index contributed by atoms with van der Waals surface area (Å²) in [6, 6.07) is 4.32. The van der Waals surface area contributed by atoms with Crippen LogP contribution in [0.25, 0.3) is 0 Å². The minimum absolute atomic E-state index is 0.0247. The summed E-state index contributed by atoms with van der Waals surface area (Å²) in [5.74, 6) is -1.22. The van der Waals surface area contributed by atoms with Crippen LogP contribution >= 0.6 is 0 Å². The van der Waals surface area contributed by atoms with E-state index in [9.17, 15) is 27.6 Å². The number of halogens is 4. The molecule has 3 rings (SSSR count). The van der Waals surface area contributed by atoms with Gasteiger partial charge >= 0.3 is 6.18 Å². The maximum absolute atomic E-state index is 14.0. The number of hydroxylamine groups is 1. The fraction of sp³-hybridized carbons (Fsp3) is 0.412. The molecule has 140 valence electrons. The number of nitrogens with zero attached hydrogens (tertiary/aromatic N) is 2. The summed E-state index contributed by atoms with van der Waals surface area (Å²) in [6.07, 6.45) is -2.81. The van der Waals surface area contributed by atoms with Crippen molar-refractivity contribution in [3.05, 3.63) is 52.6 Å². The van der Waals surface area contributed by atoms with Crippen LogP contribution in [0.5, 0.6) is 0 Å². The number of carbonyl (C=O) groups excluding carboxylic acids is 1. The average molecular weight is 371 g/mol. The maximum atomic E-state index is 14.0. The predicted molar refractivity (Wildman–Crippen MR) is 83.1 cm³/mol. The van der Waals surface area contributed by atoms with E-state index in [0.29, 0.717) is 16.8 Å². The molecule has 9 heteroatoms. The summed E-state index contributed by atoms with van der Waals surface area (Å²) in [7, 11) is 0. The van der Waals surface area contributed by atoms with Crippen LogP contribution in [0.3, 0.4) is 0 Å². The molecule has 1 unspecified atom stereocenters. The molecule has 0 aliphatic heterocycles. The van der Waals surface area contributed by atoms with Crippen molar-refractivity contribution in [1.82, 2.24) is 15.3 Å². The number of hydrogen-bond acceptors (Lipinski definition) is 3. The number of hydrogen-bond donors (Lipinski definition) is 2. The number of benzene rings is 1. The monoisotopic (exact) mass is 371 g/mol. The first kappa shape index (κ1) is 18.4. The van der Waals surface area contributed by atoms with E-state index in [1.807, 2.05) is 0 Å². The first-order valence-corrected chi connectivity index (χ1v) is 7.98. The van der Waals surface area contributed by atoms with Crippen LogP contribution in [0, 0.1) is 12.7 Å². The second kappa shape index (κ2) is 6.39. The summed E-state index contributed by atoms with van der Waals surface area (Å²) < 4.78 is 53.0. The Morgan fingerprint density at radius 2 is 2.15 bits per heavy atom. The van der Waals surface area contributed by atoms with Crippen molar-refractivity contribution in [3.8, 4) is 0 Å². The van der Waals surface area contributed by atoms with Crippen LogP contribution in [-0.2, 0) is 29.6 Å². The fourth-order valence-electron chi connectivity index (χ4n) is 3.72. The summed E-state index contributed by atoms with van der Waals surface area (Å²) in [5, 5.41) is 13.0. The van der Waals surface area contributed by atoms with Crippen molar-refractivity contribution >= 4 is 5.91 Å². The van der Waals surface area contributed by atoms with Crippen molar-refractivity contribution in [2.75, 3.05) is 0 Å². The zero-order chi connectivity index (χ0) is 19.1. The largest absolute Gasteiger partial charge is 0.408 e. The van der Waals surface area contributed by atoms with E-state index >= 15 is 0 Å². The van der Waals surface area contributed by atoms with Crippen LogP contribution in [0.15, 0.2) is 24.4 Å². The molecule has 1 aromatic carbocycles. The van der Waals surface area contributed by atoms with E-state index in [-0.39, 0.29) is 24.8 Å². The Morgan fingerprint density at radius 1 is 1.42 bits per heavy atom. The maximum Gasteiger partial charge on any atom is 0.408 e. The Morgan fingerprint density at radius 3 is 2.81 bits per heavy atom. The highest BCUT2D eigenvalue weighted by molar-refractivity contribution is 5.88. The van der Waals surface area contributed by atoms with Crippen LogP contribution in [0.2, 0.25) is 0 Å². The summed E-state index contributed by atoms with van der Waals surface area (Å²) in [5.41, 5.74) is 1.90. The van der Waals surface area contributed by atoms with Crippen LogP contribution < -0.4 is 5.48 Å². The molecule has 2 N–H and O–H groups in total. The summed E-state index contributed by atoms with van der Waals surface area (Å²) in [4.78, 5) is 12.5. The van der Waals surface area contributed by atoms with E-state index in [0.717, 1.165) is 4.68 Å². The Labute approximate surface area is 146 Å². The Hall–Kier alpha value is -2.42. The number of alkyl halides is 3. The minimum atomic E-state index is -4.41. The SMILES string of the molecule is Cc1c(F)cccc1C1(C(=O)NO)CCc2c(cnn2CC(F)(F)F)C1. The molecule has 1 aliphatic rings. The lowest BCUT2D eigenvalue weighted by atomic mass is 9.67. The molecular weight excluding hydrogens is 354 g/mol. The molecule has 1 atom stereocenters. The van der Waals surface area contributed by atoms with Gasteiger partial charge in [0.15, 0.2) is 0 Å². The third-order valence-electron chi connectivity index (χ3n) is 4.96. The minimum Gasteiger partial charge on any atom is -0.289 e. The zero-order valence-corrected chi connectivity index (χ0v) is 13.9. The summed E-state index contributed by atoms with van der Waals surface area (Å²) >= 11 is 0. The van der Waals surface area contributed by atoms with Gasteiger partial charge in [-0.3, -0.25) is 14.7 Å². The van der Waals surface area contributed by atoms with E-state index in [1.54, 1.807) is 11.5 Å². The lowest BCUT2D eigenvalue weighted by molar-refractivity contribution is -0.143. The van der Waals surface area contributed by atoms with Gasteiger partial charge in [-0.2, -0.15) is 18.3 Å². The highest BCUT2D eigenvalue weighted by atomic mass is 19.4. The third kappa shape index (κ3) is 3.07. The van der Waals surface area contributed by atoms with Gasteiger partial charge in [-0.05, 0) is 48.9 Å². The molecule has 1 heterocycles. The smallest absolute Gasteiger partial charge is 0.289 e. The van der Waals surface area contributed by atoms with Gasteiger partial charge in [-0.15, -0.1) is 0 Å². The molecule has 26 heavy (non-hydrogen) atoms. The van der Waals surface area contributed by atoms with Crippen molar-refractivity contribution in [3.63, 3.8) is 0 Å². The van der Waals surface area contributed by atoms with Gasteiger partial charge in [0.05, 0.1) is 11.6 Å². The first-order chi connectivity index (χ1) is 12.2. The molecule has 0 saturated carbocycles. The van der Waals surface area contributed by atoms with Gasteiger partial charge in [0.1, 0.15) is 12.4 Å². The number of nitrogens with one attached hydrogen (secondary N) is 1. The number of fused-ring (bicyclic) bond motifs is 1. The highest BCUT2D eigenvalue weighted by Gasteiger charge is 2.45. The van der Waals surface area contributed by atoms with E-state index < -0.39 is 29.9 Å². The standard InChI is InChI=1S/C17H17F4N3O2/c1-10-12(3-2-4-13(10)18)16(15(25)23-26)6-5-14-11(7-16)8-22-24(14)9-17(19,20)21/h2-4,8,26H,5-7,9H2,1H3,(H,23,25). The molecule has 0 radical (unpaired) electrons. The molecule has 1 aromatic heterocycles. The second-order valence-corrected chi connectivity index (χ2v) is 6.50. The fourth-order valence-corrected chi connectivity index (χ4v) is 3.72. The molecule has 1 aliphatic carbocycles. The van der Waals surface area contributed by atoms with Crippen molar-refractivity contribution in [2.24, 2.45) is 0 Å². The van der Waals surface area contributed by atoms with Crippen molar-refractivity contribution in [2.45, 2.75) is 44.3 Å². The van der Waals surface area contributed by atoms with E-state index in [1.165, 1.54) is 25.3 Å². The van der Waals surface area contributed by atoms with E-state index in [4.69, 9.17) is 0 Å². The predicted octanol–water partition coefficient (Wildman–Crippen LogP) is 2.83. The number of amides is 1. The number of aromatic nitrogens is 2. The summed E-state index contributed by atoms with van der Waals surface area (Å²) in [6.45, 7) is 0.320. The van der Waals surface area contributed by atoms with Gasteiger partial charge in [0, 0.05) is 5.69 Å². The van der Waals surface area contributed by atoms with Gasteiger partial charge in [-0.25, -0.2) is 9.87 Å². The second-order valence-electron chi connectivity index (χ2n) is 6.50. The van der Waals surface area contributed by atoms with Crippen molar-refractivity contribution < 1.29 is 27.6 Å². The Bertz CT molecular complexity index is 847. The topological polar surface area (TPSA) is 67.2 Å². The van der Waals surface area contributed by atoms with Gasteiger partial charge in [-0.1, -0.05) is 12.1 Å². The third-order valence-corrected chi connectivity index (χ3v) is 4.96. The van der Waals surface area contributed by atoms with Crippen LogP contribution in [0.1, 0.15) is 28.8 Å². The molecule has 1 amide bonds. The highest BCUT2D eigenvalue weighted by Crippen LogP contribution is 2.41. The molecular formula is C17H17F4N3O2. The van der Waals surface area contributed by atoms with Crippen molar-refractivity contribution in [1.29, 1.82) is 0 Å². The van der Waals surface area contributed by atoms with E-state index in [2.05, 4.69) is 5.10 Å². The molecule has 2 aromatic rings. The number of rotatable bonds is 3.